The fourth-order valence-electron chi connectivity index (χ4n) is 2.87. The summed E-state index contributed by atoms with van der Waals surface area (Å²) in [6.07, 6.45) is 1.44. The van der Waals surface area contributed by atoms with Crippen LogP contribution >= 0.6 is 0 Å². The molecule has 0 saturated heterocycles. The highest BCUT2D eigenvalue weighted by Gasteiger charge is 2.07. The fourth-order valence-corrected chi connectivity index (χ4v) is 2.87. The molecule has 3 N–H and O–H groups in total. The number of hydrogen-bond donors (Lipinski definition) is 2. The van der Waals surface area contributed by atoms with Crippen molar-refractivity contribution < 1.29 is 14.3 Å². The van der Waals surface area contributed by atoms with Crippen molar-refractivity contribution in [3.63, 3.8) is 0 Å². The lowest BCUT2D eigenvalue weighted by molar-refractivity contribution is 0.100. The summed E-state index contributed by atoms with van der Waals surface area (Å²) in [7, 11) is 3.20. The number of nitrogens with two attached hydrogens (primary N) is 1. The highest BCUT2D eigenvalue weighted by molar-refractivity contribution is 5.92. The molecule has 0 fully saturated rings. The van der Waals surface area contributed by atoms with Gasteiger partial charge in [0.2, 0.25) is 5.91 Å². The Kier molecular flexibility index (Phi) is 6.63. The lowest BCUT2D eigenvalue weighted by Crippen LogP contribution is -2.10. The van der Waals surface area contributed by atoms with Gasteiger partial charge < -0.3 is 20.5 Å². The molecule has 2 aromatic carbocycles. The van der Waals surface area contributed by atoms with Gasteiger partial charge in [0.25, 0.3) is 0 Å². The SMILES string of the molecule is COc1ccc(CCNc2cc(Cc3ccc(C(N)=O)cc3)nc(OC)n2)cc1. The molecule has 1 amide bonds. The predicted octanol–water partition coefficient (Wildman–Crippen LogP) is 2.84. The van der Waals surface area contributed by atoms with Gasteiger partial charge in [-0.05, 0) is 41.8 Å². The van der Waals surface area contributed by atoms with E-state index in [-0.39, 0.29) is 0 Å². The van der Waals surface area contributed by atoms with Gasteiger partial charge in [-0.1, -0.05) is 24.3 Å². The third-order valence-electron chi connectivity index (χ3n) is 4.44. The maximum atomic E-state index is 11.2. The number of anilines is 1. The molecular formula is C22H24N4O3. The highest BCUT2D eigenvalue weighted by atomic mass is 16.5. The van der Waals surface area contributed by atoms with E-state index in [0.29, 0.717) is 23.8 Å². The van der Waals surface area contributed by atoms with Crippen molar-refractivity contribution in [3.05, 3.63) is 77.0 Å². The monoisotopic (exact) mass is 392 g/mol. The van der Waals surface area contributed by atoms with Crippen LogP contribution in [0.25, 0.3) is 0 Å². The standard InChI is InChI=1S/C22H24N4O3/c1-28-19-9-5-15(6-10-19)11-12-24-20-14-18(25-22(26-20)29-2)13-16-3-7-17(8-4-16)21(23)27/h3-10,14H,11-13H2,1-2H3,(H2,23,27)(H,24,25,26). The Bertz CT molecular complexity index is 957. The van der Waals surface area contributed by atoms with Crippen LogP contribution in [0.5, 0.6) is 11.8 Å². The number of aromatic nitrogens is 2. The first-order valence-corrected chi connectivity index (χ1v) is 9.25. The van der Waals surface area contributed by atoms with Gasteiger partial charge in [-0.25, -0.2) is 0 Å². The van der Waals surface area contributed by atoms with E-state index < -0.39 is 5.91 Å². The van der Waals surface area contributed by atoms with Crippen molar-refractivity contribution in [3.8, 4) is 11.8 Å². The smallest absolute Gasteiger partial charge is 0.318 e. The van der Waals surface area contributed by atoms with E-state index in [2.05, 4.69) is 15.3 Å². The maximum absolute atomic E-state index is 11.2. The van der Waals surface area contributed by atoms with Crippen molar-refractivity contribution >= 4 is 11.7 Å². The largest absolute Gasteiger partial charge is 0.497 e. The van der Waals surface area contributed by atoms with Crippen LogP contribution in [0.2, 0.25) is 0 Å². The molecule has 0 spiro atoms. The van der Waals surface area contributed by atoms with Gasteiger partial charge in [0.1, 0.15) is 11.6 Å². The summed E-state index contributed by atoms with van der Waals surface area (Å²) in [5.74, 6) is 1.11. The molecule has 0 aliphatic heterocycles. The lowest BCUT2D eigenvalue weighted by atomic mass is 10.1. The first kappa shape index (κ1) is 20.1. The number of carbonyl (C=O) groups excluding carboxylic acids is 1. The Labute approximate surface area is 169 Å². The topological polar surface area (TPSA) is 99.4 Å². The zero-order valence-corrected chi connectivity index (χ0v) is 16.5. The van der Waals surface area contributed by atoms with Crippen molar-refractivity contribution in [2.24, 2.45) is 5.73 Å². The molecule has 1 heterocycles. The lowest BCUT2D eigenvalue weighted by Gasteiger charge is -2.10. The van der Waals surface area contributed by atoms with Gasteiger partial charge in [-0.3, -0.25) is 4.79 Å². The molecule has 0 saturated carbocycles. The van der Waals surface area contributed by atoms with Crippen LogP contribution in [-0.2, 0) is 12.8 Å². The van der Waals surface area contributed by atoms with Crippen molar-refractivity contribution in [1.82, 2.24) is 9.97 Å². The van der Waals surface area contributed by atoms with Crippen LogP contribution < -0.4 is 20.5 Å². The number of nitrogens with zero attached hydrogens (tertiary/aromatic N) is 2. The summed E-state index contributed by atoms with van der Waals surface area (Å²) in [5.41, 5.74) is 8.80. The van der Waals surface area contributed by atoms with E-state index >= 15 is 0 Å². The Balaban J connectivity index is 1.65. The van der Waals surface area contributed by atoms with Gasteiger partial charge in [0.05, 0.1) is 19.9 Å². The summed E-state index contributed by atoms with van der Waals surface area (Å²) >= 11 is 0. The molecular weight excluding hydrogens is 368 g/mol. The molecule has 0 aliphatic rings. The van der Waals surface area contributed by atoms with Gasteiger partial charge >= 0.3 is 6.01 Å². The minimum Gasteiger partial charge on any atom is -0.497 e. The average molecular weight is 392 g/mol. The van der Waals surface area contributed by atoms with Crippen molar-refractivity contribution in [2.45, 2.75) is 12.8 Å². The summed E-state index contributed by atoms with van der Waals surface area (Å²) in [6.45, 7) is 0.721. The summed E-state index contributed by atoms with van der Waals surface area (Å²) < 4.78 is 10.4. The van der Waals surface area contributed by atoms with Gasteiger partial charge in [0, 0.05) is 24.6 Å². The van der Waals surface area contributed by atoms with Crippen LogP contribution in [0.15, 0.2) is 54.6 Å². The summed E-state index contributed by atoms with van der Waals surface area (Å²) in [4.78, 5) is 20.0. The predicted molar refractivity (Wildman–Crippen MR) is 112 cm³/mol. The Morgan fingerprint density at radius 3 is 2.28 bits per heavy atom. The zero-order valence-electron chi connectivity index (χ0n) is 16.5. The Hall–Kier alpha value is -3.61. The molecule has 0 radical (unpaired) electrons. The second-order valence-electron chi connectivity index (χ2n) is 6.49. The molecule has 7 heteroatoms. The Morgan fingerprint density at radius 2 is 1.66 bits per heavy atom. The van der Waals surface area contributed by atoms with Gasteiger partial charge in [0.15, 0.2) is 0 Å². The van der Waals surface area contributed by atoms with Crippen molar-refractivity contribution in [1.29, 1.82) is 0 Å². The number of methoxy groups -OCH3 is 2. The van der Waals surface area contributed by atoms with E-state index in [1.54, 1.807) is 26.4 Å². The number of benzene rings is 2. The molecule has 0 atom stereocenters. The van der Waals surface area contributed by atoms with Crippen molar-refractivity contribution in [2.75, 3.05) is 26.1 Å². The second kappa shape index (κ2) is 9.54. The molecule has 0 aliphatic carbocycles. The number of rotatable bonds is 9. The maximum Gasteiger partial charge on any atom is 0.318 e. The number of carbonyl (C=O) groups is 1. The third kappa shape index (κ3) is 5.68. The van der Waals surface area contributed by atoms with Gasteiger partial charge in [-0.15, -0.1) is 0 Å². The molecule has 29 heavy (non-hydrogen) atoms. The molecule has 3 rings (SSSR count). The quantitative estimate of drug-likeness (QED) is 0.581. The number of primary amides is 1. The molecule has 150 valence electrons. The van der Waals surface area contributed by atoms with Crippen LogP contribution in [0.4, 0.5) is 5.82 Å². The molecule has 0 unspecified atom stereocenters. The third-order valence-corrected chi connectivity index (χ3v) is 4.44. The first-order chi connectivity index (χ1) is 14.1. The average Bonchev–Trinajstić information content (AvgIpc) is 2.74. The van der Waals surface area contributed by atoms with Crippen LogP contribution in [-0.4, -0.2) is 36.6 Å². The summed E-state index contributed by atoms with van der Waals surface area (Å²) in [6, 6.07) is 17.4. The Morgan fingerprint density at radius 1 is 0.966 bits per heavy atom. The second-order valence-corrected chi connectivity index (χ2v) is 6.49. The molecule has 1 aromatic heterocycles. The fraction of sp³-hybridized carbons (Fsp3) is 0.227. The van der Waals surface area contributed by atoms with Crippen LogP contribution in [0.3, 0.4) is 0 Å². The van der Waals surface area contributed by atoms with E-state index in [0.717, 1.165) is 30.0 Å². The normalized spacial score (nSPS) is 10.4. The number of hydrogen-bond acceptors (Lipinski definition) is 6. The number of nitrogens with one attached hydrogen (secondary N) is 1. The van der Waals surface area contributed by atoms with Crippen LogP contribution in [0, 0.1) is 0 Å². The van der Waals surface area contributed by atoms with E-state index in [1.165, 1.54) is 5.56 Å². The number of ether oxygens (including phenoxy) is 2. The molecule has 7 nitrogen and oxygen atoms in total. The molecule has 0 bridgehead atoms. The van der Waals surface area contributed by atoms with E-state index in [1.807, 2.05) is 42.5 Å². The van der Waals surface area contributed by atoms with Gasteiger partial charge in [-0.2, -0.15) is 9.97 Å². The van der Waals surface area contributed by atoms with E-state index in [9.17, 15) is 4.79 Å². The molecule has 3 aromatic rings. The number of amides is 1. The van der Waals surface area contributed by atoms with Crippen LogP contribution in [0.1, 0.15) is 27.2 Å². The first-order valence-electron chi connectivity index (χ1n) is 9.25. The van der Waals surface area contributed by atoms with E-state index in [4.69, 9.17) is 15.2 Å². The zero-order chi connectivity index (χ0) is 20.6. The highest BCUT2D eigenvalue weighted by Crippen LogP contribution is 2.17. The minimum absolute atomic E-state index is 0.309. The minimum atomic E-state index is -0.441. The summed E-state index contributed by atoms with van der Waals surface area (Å²) in [5, 5.41) is 3.32.